The number of benzene rings is 2. The van der Waals surface area contributed by atoms with Crippen molar-refractivity contribution in [1.29, 1.82) is 0 Å². The van der Waals surface area contributed by atoms with Gasteiger partial charge in [-0.2, -0.15) is 0 Å². The normalized spacial score (nSPS) is 14.8. The highest BCUT2D eigenvalue weighted by Crippen LogP contribution is 2.17. The molecule has 2 aromatic carbocycles. The highest BCUT2D eigenvalue weighted by atomic mass is 16.5. The molecule has 8 nitrogen and oxygen atoms in total. The van der Waals surface area contributed by atoms with Gasteiger partial charge in [-0.3, -0.25) is 4.79 Å². The van der Waals surface area contributed by atoms with Gasteiger partial charge in [-0.1, -0.05) is 24.3 Å². The number of anilines is 2. The molecule has 1 aliphatic heterocycles. The summed E-state index contributed by atoms with van der Waals surface area (Å²) in [4.78, 5) is 39.9. The molecular formula is C21H24N4O4. The van der Waals surface area contributed by atoms with Gasteiger partial charge in [-0.25, -0.2) is 9.59 Å². The van der Waals surface area contributed by atoms with Crippen LogP contribution in [0.5, 0.6) is 0 Å². The minimum Gasteiger partial charge on any atom is -0.449 e. The van der Waals surface area contributed by atoms with Crippen LogP contribution >= 0.6 is 0 Å². The predicted molar refractivity (Wildman–Crippen MR) is 110 cm³/mol. The van der Waals surface area contributed by atoms with Crippen LogP contribution in [0.2, 0.25) is 0 Å². The first-order valence-corrected chi connectivity index (χ1v) is 9.40. The average molecular weight is 396 g/mol. The zero-order valence-corrected chi connectivity index (χ0v) is 16.2. The Kier molecular flexibility index (Phi) is 6.33. The number of primary amides is 1. The number of carbonyl (C=O) groups is 3. The van der Waals surface area contributed by atoms with E-state index >= 15 is 0 Å². The fourth-order valence-corrected chi connectivity index (χ4v) is 3.23. The Hall–Kier alpha value is -3.55. The molecule has 3 amide bonds. The van der Waals surface area contributed by atoms with E-state index in [2.05, 4.69) is 10.2 Å². The Bertz CT molecular complexity index is 879. The number of amides is 3. The first-order chi connectivity index (χ1) is 13.9. The van der Waals surface area contributed by atoms with Gasteiger partial charge in [0.15, 0.2) is 6.10 Å². The highest BCUT2D eigenvalue weighted by molar-refractivity contribution is 5.95. The summed E-state index contributed by atoms with van der Waals surface area (Å²) in [5, 5.41) is 2.40. The number of piperazine rings is 1. The maximum Gasteiger partial charge on any atom is 0.338 e. The third-order valence-corrected chi connectivity index (χ3v) is 4.71. The van der Waals surface area contributed by atoms with E-state index in [9.17, 15) is 14.4 Å². The second-order valence-corrected chi connectivity index (χ2v) is 6.77. The summed E-state index contributed by atoms with van der Waals surface area (Å²) in [6.07, 6.45) is -0.904. The lowest BCUT2D eigenvalue weighted by atomic mass is 10.2. The SMILES string of the molecule is C[C@@H](OC(=O)c1cccc(NC(N)=O)c1)C(=O)N1CCN(c2ccccc2)CC1. The highest BCUT2D eigenvalue weighted by Gasteiger charge is 2.27. The Labute approximate surface area is 169 Å². The van der Waals surface area contributed by atoms with Crippen LogP contribution in [0.15, 0.2) is 54.6 Å². The van der Waals surface area contributed by atoms with Crippen molar-refractivity contribution in [3.63, 3.8) is 0 Å². The van der Waals surface area contributed by atoms with Crippen molar-refractivity contribution in [3.8, 4) is 0 Å². The smallest absolute Gasteiger partial charge is 0.338 e. The number of hydrogen-bond acceptors (Lipinski definition) is 5. The summed E-state index contributed by atoms with van der Waals surface area (Å²) in [5.41, 5.74) is 6.81. The van der Waals surface area contributed by atoms with Gasteiger partial charge in [-0.15, -0.1) is 0 Å². The van der Waals surface area contributed by atoms with Crippen LogP contribution in [-0.2, 0) is 9.53 Å². The van der Waals surface area contributed by atoms with Crippen molar-refractivity contribution in [2.45, 2.75) is 13.0 Å². The second kappa shape index (κ2) is 9.09. The van der Waals surface area contributed by atoms with Gasteiger partial charge >= 0.3 is 12.0 Å². The number of nitrogens with one attached hydrogen (secondary N) is 1. The molecule has 0 unspecified atom stereocenters. The van der Waals surface area contributed by atoms with Crippen LogP contribution in [-0.4, -0.2) is 55.1 Å². The van der Waals surface area contributed by atoms with Gasteiger partial charge in [0.1, 0.15) is 0 Å². The third-order valence-electron chi connectivity index (χ3n) is 4.71. The summed E-state index contributed by atoms with van der Waals surface area (Å²) < 4.78 is 5.34. The minimum atomic E-state index is -0.904. The monoisotopic (exact) mass is 396 g/mol. The number of nitrogens with two attached hydrogens (primary N) is 1. The van der Waals surface area contributed by atoms with Gasteiger partial charge < -0.3 is 25.6 Å². The molecule has 0 saturated carbocycles. The summed E-state index contributed by atoms with van der Waals surface area (Å²) >= 11 is 0. The van der Waals surface area contributed by atoms with E-state index < -0.39 is 18.1 Å². The fraction of sp³-hybridized carbons (Fsp3) is 0.286. The second-order valence-electron chi connectivity index (χ2n) is 6.77. The van der Waals surface area contributed by atoms with Gasteiger partial charge in [0.2, 0.25) is 0 Å². The van der Waals surface area contributed by atoms with Gasteiger partial charge in [0.05, 0.1) is 5.56 Å². The molecule has 1 atom stereocenters. The van der Waals surface area contributed by atoms with Crippen LogP contribution in [0.25, 0.3) is 0 Å². The molecule has 3 N–H and O–H groups in total. The third kappa shape index (κ3) is 5.25. The van der Waals surface area contributed by atoms with Crippen LogP contribution in [0.1, 0.15) is 17.3 Å². The lowest BCUT2D eigenvalue weighted by Crippen LogP contribution is -2.51. The zero-order chi connectivity index (χ0) is 20.8. The molecule has 152 valence electrons. The molecule has 0 bridgehead atoms. The molecule has 2 aromatic rings. The average Bonchev–Trinajstić information content (AvgIpc) is 2.73. The van der Waals surface area contributed by atoms with Crippen molar-refractivity contribution < 1.29 is 19.1 Å². The molecule has 29 heavy (non-hydrogen) atoms. The van der Waals surface area contributed by atoms with Crippen LogP contribution in [0.3, 0.4) is 0 Å². The Morgan fingerprint density at radius 3 is 2.34 bits per heavy atom. The molecule has 1 saturated heterocycles. The lowest BCUT2D eigenvalue weighted by molar-refractivity contribution is -0.140. The number of carbonyl (C=O) groups excluding carboxylic acids is 3. The van der Waals surface area contributed by atoms with E-state index in [4.69, 9.17) is 10.5 Å². The summed E-state index contributed by atoms with van der Waals surface area (Å²) in [6.45, 7) is 4.13. The largest absolute Gasteiger partial charge is 0.449 e. The minimum absolute atomic E-state index is 0.225. The number of urea groups is 1. The van der Waals surface area contributed by atoms with E-state index in [1.165, 1.54) is 6.07 Å². The number of hydrogen-bond donors (Lipinski definition) is 2. The van der Waals surface area contributed by atoms with Crippen LogP contribution < -0.4 is 16.0 Å². The molecule has 1 fully saturated rings. The molecule has 8 heteroatoms. The Morgan fingerprint density at radius 2 is 1.69 bits per heavy atom. The summed E-state index contributed by atoms with van der Waals surface area (Å²) in [7, 11) is 0. The van der Waals surface area contributed by atoms with E-state index in [0.717, 1.165) is 18.8 Å². The van der Waals surface area contributed by atoms with Crippen molar-refractivity contribution in [2.75, 3.05) is 36.4 Å². The maximum absolute atomic E-state index is 12.7. The van der Waals surface area contributed by atoms with Crippen LogP contribution in [0.4, 0.5) is 16.2 Å². The molecule has 3 rings (SSSR count). The van der Waals surface area contributed by atoms with E-state index in [1.807, 2.05) is 30.3 Å². The number of para-hydroxylation sites is 1. The Morgan fingerprint density at radius 1 is 1.00 bits per heavy atom. The molecule has 0 spiro atoms. The molecule has 1 aliphatic rings. The van der Waals surface area contributed by atoms with Gasteiger partial charge in [0.25, 0.3) is 5.91 Å². The van der Waals surface area contributed by atoms with Crippen molar-refractivity contribution in [1.82, 2.24) is 4.90 Å². The molecule has 0 radical (unpaired) electrons. The molecule has 0 aliphatic carbocycles. The van der Waals surface area contributed by atoms with E-state index in [0.29, 0.717) is 18.8 Å². The Balaban J connectivity index is 1.54. The molecule has 0 aromatic heterocycles. The summed E-state index contributed by atoms with van der Waals surface area (Å²) in [6, 6.07) is 15.5. The molecular weight excluding hydrogens is 372 g/mol. The van der Waals surface area contributed by atoms with Crippen molar-refractivity contribution in [2.24, 2.45) is 5.73 Å². The van der Waals surface area contributed by atoms with Gasteiger partial charge in [0, 0.05) is 37.6 Å². The number of rotatable bonds is 5. The topological polar surface area (TPSA) is 105 Å². The maximum atomic E-state index is 12.7. The lowest BCUT2D eigenvalue weighted by Gasteiger charge is -2.37. The fourth-order valence-electron chi connectivity index (χ4n) is 3.23. The van der Waals surface area contributed by atoms with Gasteiger partial charge in [-0.05, 0) is 37.3 Å². The van der Waals surface area contributed by atoms with E-state index in [1.54, 1.807) is 30.0 Å². The number of nitrogens with zero attached hydrogens (tertiary/aromatic N) is 2. The first kappa shape index (κ1) is 20.2. The van der Waals surface area contributed by atoms with Crippen molar-refractivity contribution in [3.05, 3.63) is 60.2 Å². The van der Waals surface area contributed by atoms with Crippen molar-refractivity contribution >= 4 is 29.3 Å². The number of ether oxygens (including phenoxy) is 1. The summed E-state index contributed by atoms with van der Waals surface area (Å²) in [5.74, 6) is -0.862. The predicted octanol–water partition coefficient (Wildman–Crippen LogP) is 2.07. The van der Waals surface area contributed by atoms with Crippen LogP contribution in [0, 0.1) is 0 Å². The van der Waals surface area contributed by atoms with E-state index in [-0.39, 0.29) is 11.5 Å². The first-order valence-electron chi connectivity index (χ1n) is 9.40. The molecule has 1 heterocycles. The standard InChI is InChI=1S/C21H24N4O4/c1-15(29-20(27)16-6-5-7-17(14-16)23-21(22)28)19(26)25-12-10-24(11-13-25)18-8-3-2-4-9-18/h2-9,14-15H,10-13H2,1H3,(H3,22,23,28)/t15-/m1/s1. The zero-order valence-electron chi connectivity index (χ0n) is 16.2. The number of esters is 1. The quantitative estimate of drug-likeness (QED) is 0.753.